The van der Waals surface area contributed by atoms with Gasteiger partial charge in [0.1, 0.15) is 0 Å². The van der Waals surface area contributed by atoms with Crippen molar-refractivity contribution in [1.82, 2.24) is 4.98 Å². The Labute approximate surface area is 75.6 Å². The Hall–Kier alpha value is -1.30. The van der Waals surface area contributed by atoms with Gasteiger partial charge in [0.25, 0.3) is 0 Å². The minimum atomic E-state index is -3.88. The molecule has 0 atom stereocenters. The van der Waals surface area contributed by atoms with Gasteiger partial charge in [-0.05, 0) is 6.42 Å². The largest absolute Gasteiger partial charge is 0.501 e. The molecule has 5 nitrogen and oxygen atoms in total. The van der Waals surface area contributed by atoms with Gasteiger partial charge in [-0.2, -0.15) is 0 Å². The van der Waals surface area contributed by atoms with Crippen molar-refractivity contribution in [3.63, 3.8) is 0 Å². The van der Waals surface area contributed by atoms with Crippen molar-refractivity contribution in [2.45, 2.75) is 13.3 Å². The maximum absolute atomic E-state index is 10.9. The molecule has 1 aromatic rings. The second kappa shape index (κ2) is 2.59. The van der Waals surface area contributed by atoms with Crippen LogP contribution in [0.25, 0.3) is 0 Å². The fraction of sp³-hybridized carbons (Fsp3) is 0.286. The Morgan fingerprint density at radius 2 is 2.23 bits per heavy atom. The van der Waals surface area contributed by atoms with Gasteiger partial charge in [-0.15, -0.1) is 8.42 Å². The third-order valence-corrected chi connectivity index (χ3v) is 2.41. The summed E-state index contributed by atoms with van der Waals surface area (Å²) < 4.78 is 30.9. The van der Waals surface area contributed by atoms with E-state index >= 15 is 0 Å². The summed E-state index contributed by atoms with van der Waals surface area (Å²) >= 11 is 0. The standard InChI is InChI=1S/C7H7NO4S/c1-2-5-7-6(3-4-8-5)11-13(9,10)12-7/h3-4H,2H2,1H3. The molecular weight excluding hydrogens is 194 g/mol. The molecule has 0 radical (unpaired) electrons. The van der Waals surface area contributed by atoms with Crippen LogP contribution in [0.3, 0.4) is 0 Å². The number of fused-ring (bicyclic) bond motifs is 1. The van der Waals surface area contributed by atoms with Crippen LogP contribution in [-0.2, 0) is 16.8 Å². The van der Waals surface area contributed by atoms with E-state index in [1.807, 2.05) is 6.92 Å². The second-order valence-corrected chi connectivity index (χ2v) is 3.66. The van der Waals surface area contributed by atoms with Crippen molar-refractivity contribution in [3.05, 3.63) is 18.0 Å². The minimum absolute atomic E-state index is 0.213. The number of rotatable bonds is 1. The second-order valence-electron chi connectivity index (χ2n) is 2.51. The Morgan fingerprint density at radius 1 is 1.46 bits per heavy atom. The molecule has 0 fully saturated rings. The molecule has 70 valence electrons. The molecule has 0 amide bonds. The Kier molecular flexibility index (Phi) is 1.66. The van der Waals surface area contributed by atoms with Gasteiger partial charge in [-0.1, -0.05) is 6.92 Å². The predicted molar refractivity (Wildman–Crippen MR) is 43.8 cm³/mol. The first-order valence-electron chi connectivity index (χ1n) is 3.74. The molecular formula is C7H7NO4S. The van der Waals surface area contributed by atoms with Gasteiger partial charge < -0.3 is 8.37 Å². The number of aryl methyl sites for hydroxylation is 1. The minimum Gasteiger partial charge on any atom is -0.349 e. The zero-order chi connectivity index (χ0) is 9.47. The van der Waals surface area contributed by atoms with Crippen molar-refractivity contribution < 1.29 is 16.8 Å². The van der Waals surface area contributed by atoms with Gasteiger partial charge in [0.05, 0.1) is 5.69 Å². The highest BCUT2D eigenvalue weighted by molar-refractivity contribution is 7.82. The molecule has 0 unspecified atom stereocenters. The molecule has 0 spiro atoms. The van der Waals surface area contributed by atoms with E-state index in [0.717, 1.165) is 0 Å². The molecule has 0 saturated heterocycles. The molecule has 2 heterocycles. The van der Waals surface area contributed by atoms with E-state index in [4.69, 9.17) is 0 Å². The summed E-state index contributed by atoms with van der Waals surface area (Å²) in [6.45, 7) is 1.86. The van der Waals surface area contributed by atoms with Crippen LogP contribution < -0.4 is 8.37 Å². The summed E-state index contributed by atoms with van der Waals surface area (Å²) in [4.78, 5) is 3.96. The first-order chi connectivity index (χ1) is 6.12. The summed E-state index contributed by atoms with van der Waals surface area (Å²) in [6.07, 6.45) is 2.09. The topological polar surface area (TPSA) is 65.5 Å². The maximum atomic E-state index is 10.9. The average molecular weight is 201 g/mol. The van der Waals surface area contributed by atoms with Crippen molar-refractivity contribution in [1.29, 1.82) is 0 Å². The van der Waals surface area contributed by atoms with Gasteiger partial charge in [0.15, 0.2) is 5.75 Å². The highest BCUT2D eigenvalue weighted by Gasteiger charge is 2.30. The monoisotopic (exact) mass is 201 g/mol. The fourth-order valence-corrected chi connectivity index (χ4v) is 1.87. The van der Waals surface area contributed by atoms with E-state index in [1.54, 1.807) is 0 Å². The van der Waals surface area contributed by atoms with Gasteiger partial charge in [0, 0.05) is 12.3 Å². The highest BCUT2D eigenvalue weighted by atomic mass is 32.3. The summed E-state index contributed by atoms with van der Waals surface area (Å²) in [5.41, 5.74) is 0.582. The smallest absolute Gasteiger partial charge is 0.349 e. The maximum Gasteiger partial charge on any atom is 0.501 e. The molecule has 0 saturated carbocycles. The van der Waals surface area contributed by atoms with Crippen LogP contribution in [0, 0.1) is 0 Å². The van der Waals surface area contributed by atoms with Crippen LogP contribution in [0.4, 0.5) is 0 Å². The lowest BCUT2D eigenvalue weighted by molar-refractivity contribution is 0.435. The molecule has 0 N–H and O–H groups in total. The predicted octanol–water partition coefficient (Wildman–Crippen LogP) is 0.660. The molecule has 0 bridgehead atoms. The van der Waals surface area contributed by atoms with Crippen molar-refractivity contribution in [2.24, 2.45) is 0 Å². The van der Waals surface area contributed by atoms with Crippen molar-refractivity contribution in [3.8, 4) is 11.5 Å². The summed E-state index contributed by atoms with van der Waals surface area (Å²) in [5, 5.41) is 0. The van der Waals surface area contributed by atoms with E-state index in [9.17, 15) is 8.42 Å². The SMILES string of the molecule is CCc1nccc2c1OS(=O)(=O)O2. The van der Waals surface area contributed by atoms with Crippen molar-refractivity contribution in [2.75, 3.05) is 0 Å². The van der Waals surface area contributed by atoms with E-state index in [2.05, 4.69) is 13.4 Å². The van der Waals surface area contributed by atoms with Crippen LogP contribution >= 0.6 is 0 Å². The van der Waals surface area contributed by atoms with Crippen LogP contribution in [0.15, 0.2) is 12.3 Å². The van der Waals surface area contributed by atoms with Crippen LogP contribution in [0.5, 0.6) is 11.5 Å². The third kappa shape index (κ3) is 1.33. The van der Waals surface area contributed by atoms with Crippen LogP contribution in [-0.4, -0.2) is 13.4 Å². The molecule has 2 rings (SSSR count). The number of hydrogen-bond acceptors (Lipinski definition) is 5. The lowest BCUT2D eigenvalue weighted by atomic mass is 10.2. The molecule has 1 aromatic heterocycles. The lowest BCUT2D eigenvalue weighted by Gasteiger charge is -1.97. The van der Waals surface area contributed by atoms with Gasteiger partial charge in [0.2, 0.25) is 5.75 Å². The van der Waals surface area contributed by atoms with Crippen LogP contribution in [0.2, 0.25) is 0 Å². The Bertz CT molecular complexity index is 440. The van der Waals surface area contributed by atoms with Gasteiger partial charge in [-0.3, -0.25) is 4.98 Å². The third-order valence-electron chi connectivity index (χ3n) is 1.65. The average Bonchev–Trinajstić information content (AvgIpc) is 2.37. The quantitative estimate of drug-likeness (QED) is 0.667. The van der Waals surface area contributed by atoms with Gasteiger partial charge in [-0.25, -0.2) is 0 Å². The number of aromatic nitrogens is 1. The molecule has 1 aliphatic heterocycles. The van der Waals surface area contributed by atoms with E-state index in [1.165, 1.54) is 12.3 Å². The Morgan fingerprint density at radius 3 is 2.92 bits per heavy atom. The number of pyridine rings is 1. The molecule has 6 heteroatoms. The van der Waals surface area contributed by atoms with E-state index in [-0.39, 0.29) is 11.5 Å². The van der Waals surface area contributed by atoms with E-state index in [0.29, 0.717) is 12.1 Å². The molecule has 13 heavy (non-hydrogen) atoms. The molecule has 1 aliphatic rings. The first kappa shape index (κ1) is 8.31. The first-order valence-corrected chi connectivity index (χ1v) is 5.07. The van der Waals surface area contributed by atoms with Crippen molar-refractivity contribution >= 4 is 10.4 Å². The van der Waals surface area contributed by atoms with Crippen LogP contribution in [0.1, 0.15) is 12.6 Å². The summed E-state index contributed by atoms with van der Waals surface area (Å²) in [6, 6.07) is 1.46. The summed E-state index contributed by atoms with van der Waals surface area (Å²) in [5.74, 6) is 0.428. The fourth-order valence-electron chi connectivity index (χ4n) is 1.11. The van der Waals surface area contributed by atoms with Gasteiger partial charge >= 0.3 is 10.4 Å². The number of hydrogen-bond donors (Lipinski definition) is 0. The number of nitrogens with zero attached hydrogens (tertiary/aromatic N) is 1. The zero-order valence-corrected chi connectivity index (χ0v) is 7.67. The normalized spacial score (nSPS) is 17.3. The highest BCUT2D eigenvalue weighted by Crippen LogP contribution is 2.37. The Balaban J connectivity index is 2.57. The zero-order valence-electron chi connectivity index (χ0n) is 6.85. The van der Waals surface area contributed by atoms with E-state index < -0.39 is 10.4 Å². The molecule has 0 aromatic carbocycles. The summed E-state index contributed by atoms with van der Waals surface area (Å²) in [7, 11) is -3.88. The molecule has 0 aliphatic carbocycles. The lowest BCUT2D eigenvalue weighted by Crippen LogP contribution is -2.08.